The minimum atomic E-state index is -1.17. The smallest absolute Gasteiger partial charge is 0.312 e. The van der Waals surface area contributed by atoms with Crippen LogP contribution in [0.2, 0.25) is 0 Å². The number of hydrogen-bond donors (Lipinski definition) is 2. The van der Waals surface area contributed by atoms with Gasteiger partial charge in [0, 0.05) is 16.3 Å². The summed E-state index contributed by atoms with van der Waals surface area (Å²) in [5.41, 5.74) is 1.44. The standard InChI is InChI=1S/C16H14FNO3S/c17-12-3-1-2-11(8-12)10-22-14-6-4-13(5-7-14)18-15(19)9-16(20)21/h1-8H,9-10H2,(H,18,19)(H,20,21). The SMILES string of the molecule is O=C(O)CC(=O)Nc1ccc(SCc2cccc(F)c2)cc1. The van der Waals surface area contributed by atoms with Crippen molar-refractivity contribution in [3.8, 4) is 0 Å². The number of nitrogens with one attached hydrogen (secondary N) is 1. The number of carbonyl (C=O) groups is 2. The van der Waals surface area contributed by atoms with Crippen LogP contribution in [0, 0.1) is 5.82 Å². The molecule has 114 valence electrons. The Morgan fingerprint density at radius 2 is 1.86 bits per heavy atom. The Bertz CT molecular complexity index is 673. The molecule has 0 saturated heterocycles. The number of halogens is 1. The number of thioether (sulfide) groups is 1. The zero-order valence-corrected chi connectivity index (χ0v) is 12.4. The van der Waals surface area contributed by atoms with Gasteiger partial charge in [0.1, 0.15) is 12.2 Å². The lowest BCUT2D eigenvalue weighted by atomic mass is 10.2. The second kappa shape index (κ2) is 7.61. The van der Waals surface area contributed by atoms with Crippen molar-refractivity contribution < 1.29 is 19.1 Å². The predicted octanol–water partition coefficient (Wildman–Crippen LogP) is 3.53. The van der Waals surface area contributed by atoms with E-state index in [9.17, 15) is 14.0 Å². The van der Waals surface area contributed by atoms with Crippen LogP contribution in [0.25, 0.3) is 0 Å². The first-order chi connectivity index (χ1) is 10.5. The molecule has 0 aromatic heterocycles. The van der Waals surface area contributed by atoms with E-state index in [-0.39, 0.29) is 5.82 Å². The van der Waals surface area contributed by atoms with Gasteiger partial charge in [-0.25, -0.2) is 4.39 Å². The summed E-state index contributed by atoms with van der Waals surface area (Å²) in [5, 5.41) is 11.0. The molecule has 0 radical (unpaired) electrons. The van der Waals surface area contributed by atoms with Crippen LogP contribution in [0.4, 0.5) is 10.1 Å². The Kier molecular flexibility index (Phi) is 5.55. The molecule has 22 heavy (non-hydrogen) atoms. The van der Waals surface area contributed by atoms with Crippen LogP contribution in [-0.4, -0.2) is 17.0 Å². The highest BCUT2D eigenvalue weighted by Gasteiger charge is 2.07. The lowest BCUT2D eigenvalue weighted by Gasteiger charge is -2.06. The van der Waals surface area contributed by atoms with Crippen molar-refractivity contribution in [2.75, 3.05) is 5.32 Å². The third kappa shape index (κ3) is 5.21. The summed E-state index contributed by atoms with van der Waals surface area (Å²) in [6, 6.07) is 13.5. The number of amides is 1. The van der Waals surface area contributed by atoms with Crippen LogP contribution in [0.5, 0.6) is 0 Å². The van der Waals surface area contributed by atoms with Crippen molar-refractivity contribution in [3.63, 3.8) is 0 Å². The topological polar surface area (TPSA) is 66.4 Å². The summed E-state index contributed by atoms with van der Waals surface area (Å²) in [5.74, 6) is -1.34. The molecule has 0 aliphatic carbocycles. The molecule has 0 atom stereocenters. The van der Waals surface area contributed by atoms with E-state index in [1.807, 2.05) is 18.2 Å². The van der Waals surface area contributed by atoms with Crippen LogP contribution in [-0.2, 0) is 15.3 Å². The molecule has 0 bridgehead atoms. The van der Waals surface area contributed by atoms with E-state index >= 15 is 0 Å². The Balaban J connectivity index is 1.89. The molecule has 0 fully saturated rings. The van der Waals surface area contributed by atoms with E-state index in [1.54, 1.807) is 30.0 Å². The van der Waals surface area contributed by atoms with E-state index in [4.69, 9.17) is 5.11 Å². The first-order valence-electron chi connectivity index (χ1n) is 6.52. The zero-order valence-electron chi connectivity index (χ0n) is 11.6. The maximum Gasteiger partial charge on any atom is 0.312 e. The molecule has 2 aromatic rings. The van der Waals surface area contributed by atoms with E-state index in [2.05, 4.69) is 5.32 Å². The van der Waals surface area contributed by atoms with Crippen molar-refractivity contribution in [2.24, 2.45) is 0 Å². The summed E-state index contributed by atoms with van der Waals surface area (Å²) in [7, 11) is 0. The molecule has 0 heterocycles. The molecule has 0 aliphatic rings. The highest BCUT2D eigenvalue weighted by Crippen LogP contribution is 2.24. The van der Waals surface area contributed by atoms with Gasteiger partial charge in [0.2, 0.25) is 5.91 Å². The van der Waals surface area contributed by atoms with Gasteiger partial charge in [-0.05, 0) is 42.0 Å². The van der Waals surface area contributed by atoms with Gasteiger partial charge >= 0.3 is 5.97 Å². The monoisotopic (exact) mass is 319 g/mol. The minimum absolute atomic E-state index is 0.255. The second-order valence-corrected chi connectivity index (χ2v) is 5.61. The number of rotatable bonds is 6. The Morgan fingerprint density at radius 3 is 2.50 bits per heavy atom. The van der Waals surface area contributed by atoms with Gasteiger partial charge in [-0.2, -0.15) is 0 Å². The van der Waals surface area contributed by atoms with Crippen LogP contribution >= 0.6 is 11.8 Å². The van der Waals surface area contributed by atoms with Gasteiger partial charge in [-0.1, -0.05) is 12.1 Å². The molecule has 0 saturated carbocycles. The fraction of sp³-hybridized carbons (Fsp3) is 0.125. The molecule has 0 unspecified atom stereocenters. The molecule has 6 heteroatoms. The number of hydrogen-bond acceptors (Lipinski definition) is 3. The fourth-order valence-electron chi connectivity index (χ4n) is 1.77. The lowest BCUT2D eigenvalue weighted by molar-refractivity contribution is -0.139. The van der Waals surface area contributed by atoms with Crippen molar-refractivity contribution in [2.45, 2.75) is 17.1 Å². The Morgan fingerprint density at radius 1 is 1.14 bits per heavy atom. The molecule has 4 nitrogen and oxygen atoms in total. The average Bonchev–Trinajstić information content (AvgIpc) is 2.46. The van der Waals surface area contributed by atoms with E-state index in [0.29, 0.717) is 11.4 Å². The number of aliphatic carboxylic acids is 1. The molecule has 1 amide bonds. The maximum atomic E-state index is 13.1. The van der Waals surface area contributed by atoms with Crippen LogP contribution < -0.4 is 5.32 Å². The van der Waals surface area contributed by atoms with E-state index < -0.39 is 18.3 Å². The lowest BCUT2D eigenvalue weighted by Crippen LogP contribution is -2.15. The summed E-state index contributed by atoms with van der Waals surface area (Å²) in [6.45, 7) is 0. The van der Waals surface area contributed by atoms with Crippen LogP contribution in [0.3, 0.4) is 0 Å². The third-order valence-electron chi connectivity index (χ3n) is 2.74. The number of carboxylic acid groups (broad SMARTS) is 1. The van der Waals surface area contributed by atoms with Gasteiger partial charge in [0.15, 0.2) is 0 Å². The van der Waals surface area contributed by atoms with Crippen LogP contribution in [0.15, 0.2) is 53.4 Å². The average molecular weight is 319 g/mol. The van der Waals surface area contributed by atoms with Gasteiger partial charge in [0.05, 0.1) is 0 Å². The molecular formula is C16H14FNO3S. The summed E-state index contributed by atoms with van der Waals surface area (Å²) >= 11 is 1.55. The highest BCUT2D eigenvalue weighted by atomic mass is 32.2. The second-order valence-electron chi connectivity index (χ2n) is 4.56. The molecule has 0 aliphatic heterocycles. The largest absolute Gasteiger partial charge is 0.481 e. The van der Waals surface area contributed by atoms with Crippen molar-refractivity contribution in [1.82, 2.24) is 0 Å². The molecule has 2 rings (SSSR count). The minimum Gasteiger partial charge on any atom is -0.481 e. The van der Waals surface area contributed by atoms with Crippen molar-refractivity contribution in [1.29, 1.82) is 0 Å². The number of carboxylic acids is 1. The highest BCUT2D eigenvalue weighted by molar-refractivity contribution is 7.98. The first kappa shape index (κ1) is 16.0. The van der Waals surface area contributed by atoms with Crippen molar-refractivity contribution >= 4 is 29.3 Å². The van der Waals surface area contributed by atoms with Gasteiger partial charge in [-0.15, -0.1) is 11.8 Å². The number of anilines is 1. The first-order valence-corrected chi connectivity index (χ1v) is 7.50. The summed E-state index contributed by atoms with van der Waals surface area (Å²) in [4.78, 5) is 22.7. The van der Waals surface area contributed by atoms with E-state index in [1.165, 1.54) is 12.1 Å². The van der Waals surface area contributed by atoms with Crippen LogP contribution in [0.1, 0.15) is 12.0 Å². The quantitative estimate of drug-likeness (QED) is 0.631. The number of benzene rings is 2. The van der Waals surface area contributed by atoms with Gasteiger partial charge in [-0.3, -0.25) is 9.59 Å². The Labute approximate surface area is 131 Å². The number of carbonyl (C=O) groups excluding carboxylic acids is 1. The van der Waals surface area contributed by atoms with E-state index in [0.717, 1.165) is 10.5 Å². The predicted molar refractivity (Wildman–Crippen MR) is 83.3 cm³/mol. The molecule has 2 N–H and O–H groups in total. The summed E-state index contributed by atoms with van der Waals surface area (Å²) in [6.07, 6.45) is -0.559. The Hall–Kier alpha value is -2.34. The molecule has 2 aromatic carbocycles. The van der Waals surface area contributed by atoms with Crippen molar-refractivity contribution in [3.05, 3.63) is 59.9 Å². The summed E-state index contributed by atoms with van der Waals surface area (Å²) < 4.78 is 13.1. The molecule has 0 spiro atoms. The zero-order chi connectivity index (χ0) is 15.9. The maximum absolute atomic E-state index is 13.1. The van der Waals surface area contributed by atoms with Gasteiger partial charge < -0.3 is 10.4 Å². The molecular weight excluding hydrogens is 305 g/mol. The fourth-order valence-corrected chi connectivity index (χ4v) is 2.61. The third-order valence-corrected chi connectivity index (χ3v) is 3.83. The normalized spacial score (nSPS) is 10.2. The van der Waals surface area contributed by atoms with Gasteiger partial charge in [0.25, 0.3) is 0 Å².